The summed E-state index contributed by atoms with van der Waals surface area (Å²) in [6.45, 7) is 28.5. The molecule has 0 unspecified atom stereocenters. The van der Waals surface area contributed by atoms with Crippen LogP contribution >= 0.6 is 68.8 Å². The Balaban J connectivity index is 0.000000241. The molecule has 0 bridgehead atoms. The second kappa shape index (κ2) is 49.1. The number of ketones is 3. The fraction of sp³-hybridized carbons (Fsp3) is 0.578. The molecule has 6 aliphatic rings. The van der Waals surface area contributed by atoms with Crippen molar-refractivity contribution in [1.82, 2.24) is 48.9 Å². The molecule has 10 rings (SSSR count). The minimum Gasteiger partial charge on any atom is -0.480 e. The molecule has 40 heteroatoms. The first-order valence-electron chi connectivity index (χ1n) is 40.9. The average Bonchev–Trinajstić information content (AvgIpc) is 1.66. The molecule has 0 saturated carbocycles. The molecule has 7 amide bonds. The first kappa shape index (κ1) is 104. The zero-order valence-corrected chi connectivity index (χ0v) is 78.8. The van der Waals surface area contributed by atoms with E-state index in [1.165, 1.54) is 80.8 Å². The third kappa shape index (κ3) is 34.1. The lowest BCUT2D eigenvalue weighted by Crippen LogP contribution is -2.54. The zero-order chi connectivity index (χ0) is 91.5. The summed E-state index contributed by atoms with van der Waals surface area (Å²) in [7, 11) is -11.4. The molecule has 6 aliphatic heterocycles. The molecule has 0 spiro atoms. The van der Waals surface area contributed by atoms with Gasteiger partial charge in [0.1, 0.15) is 42.9 Å². The van der Waals surface area contributed by atoms with E-state index >= 15 is 0 Å². The van der Waals surface area contributed by atoms with Crippen LogP contribution in [-0.4, -0.2) is 244 Å². The number of hydrogen-bond donors (Lipinski definition) is 6. The summed E-state index contributed by atoms with van der Waals surface area (Å²) in [5, 5.41) is 15.0. The number of carbonyl (C=O) groups is 11. The number of nitrogens with one attached hydrogen (secondary N) is 4. The Morgan fingerprint density at radius 1 is 0.455 bits per heavy atom. The highest BCUT2D eigenvalue weighted by molar-refractivity contribution is 7.93. The molecule has 1 aromatic carbocycles. The highest BCUT2D eigenvalue weighted by Crippen LogP contribution is 2.30. The maximum Gasteiger partial charge on any atom is 0.408 e. The summed E-state index contributed by atoms with van der Waals surface area (Å²) in [5.41, 5.74) is 6.52. The molecule has 6 saturated heterocycles. The van der Waals surface area contributed by atoms with Gasteiger partial charge in [-0.1, -0.05) is 134 Å². The number of Topliss-reactive ketones (excluding diaryl/α,β-unsaturated/α-hetero) is 3. The van der Waals surface area contributed by atoms with Crippen LogP contribution in [-0.2, 0) is 94.1 Å². The fourth-order valence-electron chi connectivity index (χ4n) is 14.4. The third-order valence-corrected chi connectivity index (χ3v) is 27.2. The van der Waals surface area contributed by atoms with Crippen molar-refractivity contribution in [2.24, 2.45) is 35.3 Å². The van der Waals surface area contributed by atoms with E-state index in [4.69, 9.17) is 50.0 Å². The summed E-state index contributed by atoms with van der Waals surface area (Å²) < 4.78 is 93.1. The maximum atomic E-state index is 13.1. The van der Waals surface area contributed by atoms with Gasteiger partial charge in [0, 0.05) is 76.7 Å². The van der Waals surface area contributed by atoms with Crippen molar-refractivity contribution < 1.29 is 92.6 Å². The summed E-state index contributed by atoms with van der Waals surface area (Å²) in [4.78, 5) is 145. The normalized spacial score (nSPS) is 20.3. The van der Waals surface area contributed by atoms with E-state index in [0.29, 0.717) is 143 Å². The number of sulfonamides is 3. The highest BCUT2D eigenvalue weighted by Gasteiger charge is 2.45. The van der Waals surface area contributed by atoms with Gasteiger partial charge in [0.25, 0.3) is 0 Å². The second-order valence-corrected chi connectivity index (χ2v) is 42.8. The number of carbonyl (C=O) groups excluding carboxylic acids is 10. The van der Waals surface area contributed by atoms with Gasteiger partial charge in [-0.05, 0) is 175 Å². The molecule has 123 heavy (non-hydrogen) atoms. The number of carboxylic acids is 1. The van der Waals surface area contributed by atoms with Crippen LogP contribution in [0.15, 0.2) is 83.0 Å². The molecule has 3 aromatic heterocycles. The lowest BCUT2D eigenvalue weighted by molar-refractivity contribution is -0.149. The number of alkyl carbamates (subject to hydrolysis) is 1. The molecule has 7 N–H and O–H groups in total. The van der Waals surface area contributed by atoms with Gasteiger partial charge in [0.15, 0.2) is 17.3 Å². The number of aliphatic carboxylic acids is 1. The van der Waals surface area contributed by atoms with Crippen LogP contribution < -0.4 is 25.2 Å². The van der Waals surface area contributed by atoms with Crippen LogP contribution in [0.4, 0.5) is 4.79 Å². The number of nitrogens with two attached hydrogens (primary N) is 1. The van der Waals surface area contributed by atoms with Crippen LogP contribution in [0.3, 0.4) is 0 Å². The lowest BCUT2D eigenvalue weighted by atomic mass is 10.00. The van der Waals surface area contributed by atoms with E-state index in [1.807, 2.05) is 85.7 Å². The van der Waals surface area contributed by atoms with E-state index in [0.717, 1.165) is 28.2 Å². The number of thiophene rings is 3. The summed E-state index contributed by atoms with van der Waals surface area (Å²) in [5.74, 6) is -1.42. The van der Waals surface area contributed by atoms with Crippen LogP contribution in [0.2, 0.25) is 13.0 Å². The molecule has 6 fully saturated rings. The van der Waals surface area contributed by atoms with E-state index in [2.05, 4.69) is 33.3 Å². The Kier molecular flexibility index (Phi) is 41.7. The van der Waals surface area contributed by atoms with Crippen LogP contribution in [0.5, 0.6) is 0 Å². The number of ether oxygens (including phenoxy) is 2. The highest BCUT2D eigenvalue weighted by atomic mass is 35.5. The van der Waals surface area contributed by atoms with Gasteiger partial charge >= 0.3 is 12.1 Å². The van der Waals surface area contributed by atoms with Gasteiger partial charge in [0.2, 0.25) is 65.5 Å². The van der Waals surface area contributed by atoms with Crippen molar-refractivity contribution in [2.45, 2.75) is 221 Å². The van der Waals surface area contributed by atoms with Crippen molar-refractivity contribution in [3.63, 3.8) is 0 Å². The summed E-state index contributed by atoms with van der Waals surface area (Å²) in [6.07, 6.45) is 8.49. The topological polar surface area (TPSA) is 422 Å². The van der Waals surface area contributed by atoms with E-state index in [9.17, 15) is 83.1 Å². The number of rotatable bonds is 35. The van der Waals surface area contributed by atoms with Gasteiger partial charge < -0.3 is 55.0 Å². The summed E-state index contributed by atoms with van der Waals surface area (Å²) >= 11 is 21.2. The van der Waals surface area contributed by atoms with Crippen LogP contribution in [0.25, 0.3) is 18.2 Å². The molecular weight excluding hydrogens is 1770 g/mol. The molecule has 10 atom stereocenters. The Bertz CT molecular complexity index is 4590. The van der Waals surface area contributed by atoms with Gasteiger partial charge in [-0.15, -0.1) is 34.0 Å². The largest absolute Gasteiger partial charge is 0.480 e. The molecule has 682 valence electrons. The van der Waals surface area contributed by atoms with Crippen LogP contribution in [0, 0.1) is 29.6 Å². The van der Waals surface area contributed by atoms with Crippen molar-refractivity contribution in [2.75, 3.05) is 59.0 Å². The summed E-state index contributed by atoms with van der Waals surface area (Å²) in [6, 6.07) is 13.0. The SMILES string of the molecule is CC(=O)[C@H](CC(C)C)N1CC[C@H](N)C1=O.CC(=O)[C@H](CC(C)C)N1CC[C@H](NC(=O)OCc2ccccc2)C1=O.CC(=O)[C@H](CC(C)C)N1CC[C@H](NS(=O)(=O)/C=C/c2ccc(Cl)s2)C1=O.CC(C)C[C@@H](C(=O)N1CCOCC1)N1CC[C@H](NS(=O)(=O)/C=C/c2ccc(Cl)s2)C1=O.CC(C)C[C@@H](C(=O)O)N1CC[C@H](NS(=O)(=O)/C=C/c2ccc(Cl)s2)C1=O. The lowest BCUT2D eigenvalue weighted by Gasteiger charge is -2.35. The standard InChI is InChI=1S/C20H28ClN3O5S2.C19H26N2O4.C17H23ClN2O4S2.C16H21ClN2O5S2.C11H20N2O2/c1-14(2)13-17(20(26)23-8-10-29-11-9-23)24-7-5-16(19(24)25)22-31(27,28)12-6-15-3-4-18(21)30-15;1-13(2)11-17(14(3)22)21-10-9-16(18(21)23)20-19(24)25-12-15-7-5-4-6-8-15;1-11(2)10-15(12(3)21)20-8-6-14(17(20)22)19-26(23,24)9-7-13-4-5-16(18)25-13;1-10(2)9-13(16(21)22)19-7-5-12(15(19)20)18-26(23,24)8-6-11-3-4-14(17)25-11;1-7(2)6-10(8(3)14)13-5-4-9(12)11(13)15/h3-4,6,12,14,16-17,22H,5,7-11,13H2,1-2H3;4-8,13,16-17H,9-12H2,1-3H3,(H,20,24);4-5,7,9,11,14-15,19H,6,8,10H2,1-3H3;3-4,6,8,10,12-13,18H,5,7,9H2,1-2H3,(H,21,22);7,9-10H,4-6,12H2,1-3H3/b12-6+;;9-7+;8-6+;/t2*16-,17-;14-,15-;12-,13-;9-,10-/m00000/s1. The molecule has 9 heterocycles. The van der Waals surface area contributed by atoms with E-state index < -0.39 is 102 Å². The van der Waals surface area contributed by atoms with Gasteiger partial charge in [-0.3, -0.25) is 43.2 Å². The van der Waals surface area contributed by atoms with E-state index in [1.54, 1.807) is 58.0 Å². The van der Waals surface area contributed by atoms with E-state index in [-0.39, 0.29) is 90.3 Å². The minimum atomic E-state index is -3.84. The van der Waals surface area contributed by atoms with Crippen molar-refractivity contribution in [1.29, 1.82) is 0 Å². The number of morpholine rings is 1. The number of hydrogen-bond acceptors (Lipinski definition) is 23. The first-order chi connectivity index (χ1) is 57.6. The molecule has 31 nitrogen and oxygen atoms in total. The zero-order valence-electron chi connectivity index (χ0n) is 71.7. The Morgan fingerprint density at radius 2 is 0.764 bits per heavy atom. The number of amides is 7. The van der Waals surface area contributed by atoms with Gasteiger partial charge in [-0.25, -0.2) is 34.8 Å². The molecule has 4 aromatic rings. The minimum absolute atomic E-state index is 0.0191. The van der Waals surface area contributed by atoms with Gasteiger partial charge in [-0.2, -0.15) is 14.2 Å². The predicted molar refractivity (Wildman–Crippen MR) is 479 cm³/mol. The van der Waals surface area contributed by atoms with Crippen LogP contribution in [0.1, 0.15) is 174 Å². The number of carboxylic acid groups (broad SMARTS) is 1. The Morgan fingerprint density at radius 3 is 1.08 bits per heavy atom. The second-order valence-electron chi connectivity index (χ2n) is 32.8. The molecular formula is C83H118Cl3N11O20S6. The Hall–Kier alpha value is -7.37. The molecule has 0 aliphatic carbocycles. The first-order valence-corrected chi connectivity index (χ1v) is 49.1. The number of halogens is 3. The smallest absolute Gasteiger partial charge is 0.408 e. The average molecular weight is 1890 g/mol. The van der Waals surface area contributed by atoms with Crippen molar-refractivity contribution in [3.05, 3.63) is 116 Å². The number of nitrogens with zero attached hydrogens (tertiary/aromatic N) is 6. The maximum absolute atomic E-state index is 13.1. The van der Waals surface area contributed by atoms with Crippen molar-refractivity contribution >= 4 is 182 Å². The third-order valence-electron chi connectivity index (χ3n) is 20.3. The quantitative estimate of drug-likeness (QED) is 0.0249. The van der Waals surface area contributed by atoms with Crippen molar-refractivity contribution in [3.8, 4) is 0 Å². The number of benzene rings is 1. The predicted octanol–water partition coefficient (Wildman–Crippen LogP) is 10.5. The number of likely N-dealkylation sites (tertiary alicyclic amines) is 5. The molecule has 0 radical (unpaired) electrons. The van der Waals surface area contributed by atoms with Gasteiger partial charge in [0.05, 0.1) is 50.4 Å². The monoisotopic (exact) mass is 1890 g/mol. The Labute approximate surface area is 749 Å². The fourth-order valence-corrected chi connectivity index (χ4v) is 20.6.